The summed E-state index contributed by atoms with van der Waals surface area (Å²) in [5.41, 5.74) is 5.12. The minimum atomic E-state index is -4.38. The molecule has 2 unspecified atom stereocenters. The molecule has 0 heterocycles. The van der Waals surface area contributed by atoms with E-state index in [0.29, 0.717) is 25.7 Å². The van der Waals surface area contributed by atoms with Gasteiger partial charge in [0.05, 0.1) is 5.41 Å². The third-order valence-corrected chi connectivity index (χ3v) is 4.51. The number of carbonyl (C=O) groups excluding carboxylic acids is 1. The predicted octanol–water partition coefficient (Wildman–Crippen LogP) is 3.08. The minimum Gasteiger partial charge on any atom is -0.330 e. The number of halogens is 3. The second-order valence-electron chi connectivity index (χ2n) is 5.93. The maximum atomic E-state index is 12.8. The number of amides is 1. The van der Waals surface area contributed by atoms with Crippen LogP contribution in [-0.4, -0.2) is 35.6 Å². The van der Waals surface area contributed by atoms with Gasteiger partial charge in [0.25, 0.3) is 0 Å². The first-order valence-corrected chi connectivity index (χ1v) is 7.29. The summed E-state index contributed by atoms with van der Waals surface area (Å²) in [5, 5.41) is 0. The number of carbonyl (C=O) groups is 1. The standard InChI is InChI=1S/C14H25F3N2O/c1-4-10(5-2)19(9-14(15,16)17)12(20)13(3)8-6-7-11(13)18/h10-11H,4-9,18H2,1-3H3. The molecule has 3 nitrogen and oxygen atoms in total. The van der Waals surface area contributed by atoms with Crippen LogP contribution in [0, 0.1) is 5.41 Å². The highest BCUT2D eigenvalue weighted by atomic mass is 19.4. The van der Waals surface area contributed by atoms with Gasteiger partial charge in [0.15, 0.2) is 0 Å². The fraction of sp³-hybridized carbons (Fsp3) is 0.929. The summed E-state index contributed by atoms with van der Waals surface area (Å²) in [4.78, 5) is 13.7. The second-order valence-corrected chi connectivity index (χ2v) is 5.93. The molecule has 0 aromatic rings. The number of hydrogen-bond donors (Lipinski definition) is 1. The summed E-state index contributed by atoms with van der Waals surface area (Å²) in [6.07, 6.45) is -1.27. The van der Waals surface area contributed by atoms with Crippen LogP contribution in [0.25, 0.3) is 0 Å². The Bertz CT molecular complexity index is 342. The van der Waals surface area contributed by atoms with Gasteiger partial charge in [0.1, 0.15) is 6.54 Å². The third-order valence-electron chi connectivity index (χ3n) is 4.51. The van der Waals surface area contributed by atoms with Crippen molar-refractivity contribution in [1.82, 2.24) is 4.90 Å². The summed E-state index contributed by atoms with van der Waals surface area (Å²) < 4.78 is 38.3. The van der Waals surface area contributed by atoms with E-state index in [4.69, 9.17) is 5.73 Å². The zero-order valence-corrected chi connectivity index (χ0v) is 12.5. The normalized spacial score (nSPS) is 27.1. The summed E-state index contributed by atoms with van der Waals surface area (Å²) in [6.45, 7) is 4.14. The Balaban J connectivity index is 3.00. The van der Waals surface area contributed by atoms with Gasteiger partial charge in [-0.3, -0.25) is 4.79 Å². The first kappa shape index (κ1) is 17.3. The molecule has 1 fully saturated rings. The zero-order valence-electron chi connectivity index (χ0n) is 12.5. The maximum absolute atomic E-state index is 12.8. The lowest BCUT2D eigenvalue weighted by Gasteiger charge is -2.39. The van der Waals surface area contributed by atoms with E-state index in [1.165, 1.54) is 0 Å². The lowest BCUT2D eigenvalue weighted by atomic mass is 9.83. The predicted molar refractivity (Wildman–Crippen MR) is 72.1 cm³/mol. The quantitative estimate of drug-likeness (QED) is 0.847. The van der Waals surface area contributed by atoms with E-state index in [2.05, 4.69) is 0 Å². The van der Waals surface area contributed by atoms with Crippen molar-refractivity contribution in [2.24, 2.45) is 11.1 Å². The zero-order chi connectivity index (χ0) is 15.6. The molecule has 0 aromatic heterocycles. The van der Waals surface area contributed by atoms with Crippen LogP contribution in [0.4, 0.5) is 13.2 Å². The van der Waals surface area contributed by atoms with Gasteiger partial charge in [-0.1, -0.05) is 20.3 Å². The fourth-order valence-electron chi connectivity index (χ4n) is 3.08. The van der Waals surface area contributed by atoms with E-state index in [-0.39, 0.29) is 12.1 Å². The molecule has 118 valence electrons. The van der Waals surface area contributed by atoms with Gasteiger partial charge in [0.2, 0.25) is 5.91 Å². The van der Waals surface area contributed by atoms with Crippen LogP contribution in [0.5, 0.6) is 0 Å². The van der Waals surface area contributed by atoms with E-state index in [1.54, 1.807) is 6.92 Å². The fourth-order valence-corrected chi connectivity index (χ4v) is 3.08. The molecule has 1 rings (SSSR count). The lowest BCUT2D eigenvalue weighted by Crippen LogP contribution is -2.54. The molecule has 1 amide bonds. The summed E-state index contributed by atoms with van der Waals surface area (Å²) >= 11 is 0. The summed E-state index contributed by atoms with van der Waals surface area (Å²) in [6, 6.07) is -0.728. The Hall–Kier alpha value is -0.780. The Labute approximate surface area is 118 Å². The van der Waals surface area contributed by atoms with Crippen molar-refractivity contribution in [3.8, 4) is 0 Å². The van der Waals surface area contributed by atoms with Crippen molar-refractivity contribution >= 4 is 5.91 Å². The molecule has 0 saturated heterocycles. The molecule has 0 radical (unpaired) electrons. The van der Waals surface area contributed by atoms with Gasteiger partial charge in [0, 0.05) is 12.1 Å². The summed E-state index contributed by atoms with van der Waals surface area (Å²) in [7, 11) is 0. The van der Waals surface area contributed by atoms with Crippen molar-refractivity contribution in [2.45, 2.75) is 71.1 Å². The average Bonchev–Trinajstić information content (AvgIpc) is 2.68. The van der Waals surface area contributed by atoms with E-state index >= 15 is 0 Å². The van der Waals surface area contributed by atoms with Crippen LogP contribution < -0.4 is 5.73 Å². The molecule has 0 aromatic carbocycles. The monoisotopic (exact) mass is 294 g/mol. The van der Waals surface area contributed by atoms with Crippen LogP contribution >= 0.6 is 0 Å². The van der Waals surface area contributed by atoms with E-state index < -0.39 is 24.0 Å². The molecule has 1 aliphatic rings. The van der Waals surface area contributed by atoms with Crippen molar-refractivity contribution in [3.63, 3.8) is 0 Å². The van der Waals surface area contributed by atoms with Gasteiger partial charge >= 0.3 is 6.18 Å². The van der Waals surface area contributed by atoms with E-state index in [0.717, 1.165) is 11.3 Å². The molecule has 0 bridgehead atoms. The Morgan fingerprint density at radius 2 is 1.95 bits per heavy atom. The van der Waals surface area contributed by atoms with Gasteiger partial charge in [-0.2, -0.15) is 13.2 Å². The SMILES string of the molecule is CCC(CC)N(CC(F)(F)F)C(=O)C1(C)CCCC1N. The Morgan fingerprint density at radius 1 is 1.40 bits per heavy atom. The first-order chi connectivity index (χ1) is 9.15. The smallest absolute Gasteiger partial charge is 0.330 e. The maximum Gasteiger partial charge on any atom is 0.406 e. The van der Waals surface area contributed by atoms with Crippen molar-refractivity contribution in [3.05, 3.63) is 0 Å². The van der Waals surface area contributed by atoms with Crippen LogP contribution in [0.3, 0.4) is 0 Å². The van der Waals surface area contributed by atoms with Gasteiger partial charge in [-0.25, -0.2) is 0 Å². The van der Waals surface area contributed by atoms with Crippen LogP contribution in [0.2, 0.25) is 0 Å². The van der Waals surface area contributed by atoms with Gasteiger partial charge in [-0.05, 0) is 32.6 Å². The minimum absolute atomic E-state index is 0.347. The molecule has 1 aliphatic carbocycles. The summed E-state index contributed by atoms with van der Waals surface area (Å²) in [5.74, 6) is -0.437. The highest BCUT2D eigenvalue weighted by Crippen LogP contribution is 2.39. The molecule has 0 aliphatic heterocycles. The van der Waals surface area contributed by atoms with E-state index in [1.807, 2.05) is 13.8 Å². The van der Waals surface area contributed by atoms with Crippen LogP contribution in [0.15, 0.2) is 0 Å². The van der Waals surface area contributed by atoms with Crippen molar-refractivity contribution in [2.75, 3.05) is 6.54 Å². The van der Waals surface area contributed by atoms with Gasteiger partial charge in [-0.15, -0.1) is 0 Å². The van der Waals surface area contributed by atoms with Crippen molar-refractivity contribution in [1.29, 1.82) is 0 Å². The topological polar surface area (TPSA) is 46.3 Å². The highest BCUT2D eigenvalue weighted by molar-refractivity contribution is 5.84. The second kappa shape index (κ2) is 6.33. The average molecular weight is 294 g/mol. The highest BCUT2D eigenvalue weighted by Gasteiger charge is 2.48. The molecule has 6 heteroatoms. The number of hydrogen-bond acceptors (Lipinski definition) is 2. The molecule has 2 N–H and O–H groups in total. The first-order valence-electron chi connectivity index (χ1n) is 7.29. The van der Waals surface area contributed by atoms with Crippen LogP contribution in [0.1, 0.15) is 52.9 Å². The lowest BCUT2D eigenvalue weighted by molar-refractivity contribution is -0.172. The molecule has 0 spiro atoms. The largest absolute Gasteiger partial charge is 0.406 e. The third kappa shape index (κ3) is 3.65. The van der Waals surface area contributed by atoms with Crippen LogP contribution in [-0.2, 0) is 4.79 Å². The Kier molecular flexibility index (Phi) is 5.46. The molecule has 1 saturated carbocycles. The Morgan fingerprint density at radius 3 is 2.30 bits per heavy atom. The van der Waals surface area contributed by atoms with Gasteiger partial charge < -0.3 is 10.6 Å². The number of nitrogens with zero attached hydrogens (tertiary/aromatic N) is 1. The molecule has 20 heavy (non-hydrogen) atoms. The molecular weight excluding hydrogens is 269 g/mol. The molecular formula is C14H25F3N2O. The number of rotatable bonds is 5. The number of alkyl halides is 3. The van der Waals surface area contributed by atoms with E-state index in [9.17, 15) is 18.0 Å². The van der Waals surface area contributed by atoms with Crippen molar-refractivity contribution < 1.29 is 18.0 Å². The number of nitrogens with two attached hydrogens (primary N) is 1. The molecule has 2 atom stereocenters.